The third kappa shape index (κ3) is 3.11. The number of aryl methyl sites for hydroxylation is 1. The van der Waals surface area contributed by atoms with Crippen molar-refractivity contribution in [2.24, 2.45) is 5.92 Å². The predicted molar refractivity (Wildman–Crippen MR) is 75.9 cm³/mol. The van der Waals surface area contributed by atoms with Crippen LogP contribution in [-0.2, 0) is 13.0 Å². The van der Waals surface area contributed by atoms with Gasteiger partial charge in [-0.1, -0.05) is 6.92 Å². The van der Waals surface area contributed by atoms with Gasteiger partial charge in [-0.3, -0.25) is 4.90 Å². The third-order valence-corrected chi connectivity index (χ3v) is 5.14. The van der Waals surface area contributed by atoms with Crippen LogP contribution in [0.25, 0.3) is 0 Å². The monoisotopic (exact) mass is 265 g/mol. The number of hydrogen-bond acceptors (Lipinski definition) is 4. The Morgan fingerprint density at radius 1 is 1.50 bits per heavy atom. The first-order chi connectivity index (χ1) is 8.85. The third-order valence-electron chi connectivity index (χ3n) is 4.01. The molecule has 1 aliphatic carbocycles. The Kier molecular flexibility index (Phi) is 3.97. The number of nitrogens with one attached hydrogen (secondary N) is 1. The molecule has 1 unspecified atom stereocenters. The second kappa shape index (κ2) is 5.68. The quantitative estimate of drug-likeness (QED) is 0.905. The van der Waals surface area contributed by atoms with Gasteiger partial charge in [0.2, 0.25) is 0 Å². The van der Waals surface area contributed by atoms with Crippen LogP contribution in [0.5, 0.6) is 0 Å². The summed E-state index contributed by atoms with van der Waals surface area (Å²) in [6, 6.07) is 0.734. The van der Waals surface area contributed by atoms with Crippen molar-refractivity contribution >= 4 is 11.3 Å². The molecule has 3 nitrogen and oxygen atoms in total. The van der Waals surface area contributed by atoms with Crippen molar-refractivity contribution < 1.29 is 0 Å². The van der Waals surface area contributed by atoms with E-state index in [1.165, 1.54) is 48.8 Å². The van der Waals surface area contributed by atoms with Crippen LogP contribution in [0.4, 0.5) is 0 Å². The van der Waals surface area contributed by atoms with Crippen molar-refractivity contribution in [1.82, 2.24) is 15.2 Å². The topological polar surface area (TPSA) is 28.2 Å². The second-order valence-electron chi connectivity index (χ2n) is 5.56. The fourth-order valence-corrected chi connectivity index (χ4v) is 3.66. The first-order valence-electron chi connectivity index (χ1n) is 7.24. The van der Waals surface area contributed by atoms with Gasteiger partial charge in [0, 0.05) is 23.7 Å². The van der Waals surface area contributed by atoms with Crippen molar-refractivity contribution in [2.75, 3.05) is 19.6 Å². The van der Waals surface area contributed by atoms with E-state index in [2.05, 4.69) is 28.3 Å². The first kappa shape index (κ1) is 12.6. The zero-order chi connectivity index (χ0) is 12.4. The lowest BCUT2D eigenvalue weighted by Gasteiger charge is -2.23. The largest absolute Gasteiger partial charge is 0.312 e. The summed E-state index contributed by atoms with van der Waals surface area (Å²) < 4.78 is 0. The molecule has 1 aliphatic heterocycles. The Balaban J connectivity index is 1.59. The molecule has 0 radical (unpaired) electrons. The molecule has 0 bridgehead atoms. The van der Waals surface area contributed by atoms with Crippen LogP contribution in [0, 0.1) is 5.92 Å². The van der Waals surface area contributed by atoms with Crippen LogP contribution in [-0.4, -0.2) is 35.6 Å². The van der Waals surface area contributed by atoms with Gasteiger partial charge in [-0.25, -0.2) is 4.98 Å². The van der Waals surface area contributed by atoms with Gasteiger partial charge >= 0.3 is 0 Å². The molecule has 0 amide bonds. The number of nitrogens with zero attached hydrogens (tertiary/aromatic N) is 2. The van der Waals surface area contributed by atoms with Crippen molar-refractivity contribution in [1.29, 1.82) is 0 Å². The average Bonchev–Trinajstić information content (AvgIpc) is 3.15. The van der Waals surface area contributed by atoms with Gasteiger partial charge in [-0.15, -0.1) is 11.3 Å². The SMILES string of the molecule is CCc1cnc(CN2CCCNC(C3CC3)C2)s1. The summed E-state index contributed by atoms with van der Waals surface area (Å²) in [7, 11) is 0. The minimum atomic E-state index is 0.734. The smallest absolute Gasteiger partial charge is 0.107 e. The Morgan fingerprint density at radius 3 is 3.11 bits per heavy atom. The molecule has 3 rings (SSSR count). The maximum atomic E-state index is 4.55. The molecule has 2 fully saturated rings. The van der Waals surface area contributed by atoms with E-state index in [4.69, 9.17) is 0 Å². The average molecular weight is 265 g/mol. The maximum absolute atomic E-state index is 4.55. The van der Waals surface area contributed by atoms with E-state index in [1.807, 2.05) is 11.3 Å². The zero-order valence-electron chi connectivity index (χ0n) is 11.2. The van der Waals surface area contributed by atoms with Gasteiger partial charge in [-0.05, 0) is 44.7 Å². The van der Waals surface area contributed by atoms with Crippen molar-refractivity contribution in [3.05, 3.63) is 16.1 Å². The number of thiazole rings is 1. The van der Waals surface area contributed by atoms with E-state index < -0.39 is 0 Å². The fraction of sp³-hybridized carbons (Fsp3) is 0.786. The number of hydrogen-bond donors (Lipinski definition) is 1. The van der Waals surface area contributed by atoms with E-state index in [1.54, 1.807) is 0 Å². The van der Waals surface area contributed by atoms with Crippen molar-refractivity contribution in [2.45, 2.75) is 45.2 Å². The summed E-state index contributed by atoms with van der Waals surface area (Å²) in [5.41, 5.74) is 0. The summed E-state index contributed by atoms with van der Waals surface area (Å²) in [5.74, 6) is 0.952. The summed E-state index contributed by atoms with van der Waals surface area (Å²) in [6.45, 7) is 6.88. The molecule has 2 aliphatic rings. The minimum Gasteiger partial charge on any atom is -0.312 e. The Morgan fingerprint density at radius 2 is 2.39 bits per heavy atom. The molecule has 1 aromatic heterocycles. The van der Waals surface area contributed by atoms with Crippen LogP contribution in [0.2, 0.25) is 0 Å². The summed E-state index contributed by atoms with van der Waals surface area (Å²) in [6.07, 6.45) is 7.30. The fourth-order valence-electron chi connectivity index (χ4n) is 2.76. The molecule has 1 N–H and O–H groups in total. The summed E-state index contributed by atoms with van der Waals surface area (Å²) >= 11 is 1.89. The number of rotatable bonds is 4. The predicted octanol–water partition coefficient (Wildman–Crippen LogP) is 2.28. The highest BCUT2D eigenvalue weighted by molar-refractivity contribution is 7.11. The standard InChI is InChI=1S/C14H23N3S/c1-2-12-8-16-14(18-12)10-17-7-3-6-15-13(9-17)11-4-5-11/h8,11,13,15H,2-7,9-10H2,1H3. The normalized spacial score (nSPS) is 26.2. The van der Waals surface area contributed by atoms with Gasteiger partial charge in [-0.2, -0.15) is 0 Å². The van der Waals surface area contributed by atoms with Gasteiger partial charge in [0.15, 0.2) is 0 Å². The van der Waals surface area contributed by atoms with Gasteiger partial charge in [0.1, 0.15) is 5.01 Å². The van der Waals surface area contributed by atoms with Gasteiger partial charge < -0.3 is 5.32 Å². The Bertz CT molecular complexity index is 386. The molecule has 0 aromatic carbocycles. The van der Waals surface area contributed by atoms with E-state index in [9.17, 15) is 0 Å². The van der Waals surface area contributed by atoms with Crippen LogP contribution < -0.4 is 5.32 Å². The van der Waals surface area contributed by atoms with Crippen molar-refractivity contribution in [3.8, 4) is 0 Å². The lowest BCUT2D eigenvalue weighted by molar-refractivity contribution is 0.250. The highest BCUT2D eigenvalue weighted by Gasteiger charge is 2.33. The summed E-state index contributed by atoms with van der Waals surface area (Å²) in [4.78, 5) is 8.57. The van der Waals surface area contributed by atoms with Gasteiger partial charge in [0.05, 0.1) is 6.54 Å². The highest BCUT2D eigenvalue weighted by atomic mass is 32.1. The second-order valence-corrected chi connectivity index (χ2v) is 6.76. The van der Waals surface area contributed by atoms with E-state index in [0.717, 1.165) is 24.9 Å². The molecule has 2 heterocycles. The molecular weight excluding hydrogens is 242 g/mol. The van der Waals surface area contributed by atoms with E-state index in [0.29, 0.717) is 0 Å². The van der Waals surface area contributed by atoms with E-state index in [-0.39, 0.29) is 0 Å². The Hall–Kier alpha value is -0.450. The number of aromatic nitrogens is 1. The van der Waals surface area contributed by atoms with Crippen molar-refractivity contribution in [3.63, 3.8) is 0 Å². The molecular formula is C14H23N3S. The highest BCUT2D eigenvalue weighted by Crippen LogP contribution is 2.33. The molecule has 1 saturated heterocycles. The summed E-state index contributed by atoms with van der Waals surface area (Å²) in [5, 5.41) is 5.01. The molecule has 4 heteroatoms. The van der Waals surface area contributed by atoms with Crippen LogP contribution in [0.3, 0.4) is 0 Å². The maximum Gasteiger partial charge on any atom is 0.107 e. The lowest BCUT2D eigenvalue weighted by atomic mass is 10.2. The molecule has 1 atom stereocenters. The Labute approximate surface area is 114 Å². The molecule has 1 aromatic rings. The van der Waals surface area contributed by atoms with Crippen LogP contribution in [0.15, 0.2) is 6.20 Å². The first-order valence-corrected chi connectivity index (χ1v) is 8.06. The molecule has 0 spiro atoms. The lowest BCUT2D eigenvalue weighted by Crippen LogP contribution is -2.38. The van der Waals surface area contributed by atoms with Crippen LogP contribution in [0.1, 0.15) is 36.1 Å². The molecule has 100 valence electrons. The minimum absolute atomic E-state index is 0.734. The van der Waals surface area contributed by atoms with Gasteiger partial charge in [0.25, 0.3) is 0 Å². The zero-order valence-corrected chi connectivity index (χ0v) is 12.0. The van der Waals surface area contributed by atoms with E-state index >= 15 is 0 Å². The molecule has 1 saturated carbocycles. The molecule has 18 heavy (non-hydrogen) atoms. The van der Waals surface area contributed by atoms with Crippen LogP contribution >= 0.6 is 11.3 Å².